The molecule has 0 unspecified atom stereocenters. The summed E-state index contributed by atoms with van der Waals surface area (Å²) in [5.74, 6) is 0. The third-order valence-electron chi connectivity index (χ3n) is 4.49. The van der Waals surface area contributed by atoms with E-state index < -0.39 is 0 Å². The highest BCUT2D eigenvalue weighted by atomic mass is 16.2. The van der Waals surface area contributed by atoms with Gasteiger partial charge in [0.05, 0.1) is 5.69 Å². The SMILES string of the molecule is O=C(NCCc1cn2ccccc2n1)Nc1cccc(NC(=O)Nc2ccccc2)c1. The van der Waals surface area contributed by atoms with Crippen molar-refractivity contribution in [2.24, 2.45) is 0 Å². The second-order valence-corrected chi connectivity index (χ2v) is 6.86. The first kappa shape index (κ1) is 20.0. The lowest BCUT2D eigenvalue weighted by Gasteiger charge is -2.10. The fourth-order valence-corrected chi connectivity index (χ4v) is 3.08. The number of benzene rings is 2. The Bertz CT molecular complexity index is 1160. The lowest BCUT2D eigenvalue weighted by molar-refractivity contribution is 0.252. The van der Waals surface area contributed by atoms with E-state index >= 15 is 0 Å². The van der Waals surface area contributed by atoms with Gasteiger partial charge < -0.3 is 25.7 Å². The minimum atomic E-state index is -0.361. The van der Waals surface area contributed by atoms with Crippen LogP contribution in [0.3, 0.4) is 0 Å². The van der Waals surface area contributed by atoms with Gasteiger partial charge >= 0.3 is 12.1 Å². The van der Waals surface area contributed by atoms with E-state index in [1.807, 2.05) is 53.2 Å². The number of hydrogen-bond donors (Lipinski definition) is 4. The molecule has 0 aliphatic heterocycles. The maximum absolute atomic E-state index is 12.2. The first-order chi connectivity index (χ1) is 15.2. The van der Waals surface area contributed by atoms with E-state index in [4.69, 9.17) is 0 Å². The molecule has 31 heavy (non-hydrogen) atoms. The molecule has 4 N–H and O–H groups in total. The molecule has 4 aromatic rings. The van der Waals surface area contributed by atoms with E-state index in [1.54, 1.807) is 36.4 Å². The molecule has 2 aromatic carbocycles. The normalized spacial score (nSPS) is 10.5. The van der Waals surface area contributed by atoms with Gasteiger partial charge in [-0.15, -0.1) is 0 Å². The molecule has 0 fully saturated rings. The van der Waals surface area contributed by atoms with E-state index in [9.17, 15) is 9.59 Å². The minimum Gasteiger partial charge on any atom is -0.337 e. The summed E-state index contributed by atoms with van der Waals surface area (Å²) in [7, 11) is 0. The Morgan fingerprint density at radius 1 is 0.774 bits per heavy atom. The molecule has 8 heteroatoms. The Balaban J connectivity index is 1.25. The van der Waals surface area contributed by atoms with Crippen LogP contribution in [-0.2, 0) is 6.42 Å². The number of nitrogens with one attached hydrogen (secondary N) is 4. The second kappa shape index (κ2) is 9.45. The second-order valence-electron chi connectivity index (χ2n) is 6.86. The van der Waals surface area contributed by atoms with Gasteiger partial charge in [-0.05, 0) is 42.5 Å². The van der Waals surface area contributed by atoms with Gasteiger partial charge in [-0.25, -0.2) is 14.6 Å². The molecular formula is C23H22N6O2. The highest BCUT2D eigenvalue weighted by molar-refractivity contribution is 6.00. The summed E-state index contributed by atoms with van der Waals surface area (Å²) in [6, 6.07) is 21.2. The Labute approximate surface area is 179 Å². The Kier molecular flexibility index (Phi) is 6.08. The monoisotopic (exact) mass is 414 g/mol. The van der Waals surface area contributed by atoms with Crippen LogP contribution in [-0.4, -0.2) is 28.0 Å². The van der Waals surface area contributed by atoms with Crippen LogP contribution < -0.4 is 21.3 Å². The average molecular weight is 414 g/mol. The summed E-state index contributed by atoms with van der Waals surface area (Å²) in [4.78, 5) is 28.8. The molecule has 0 atom stereocenters. The third-order valence-corrected chi connectivity index (χ3v) is 4.49. The Morgan fingerprint density at radius 3 is 2.23 bits per heavy atom. The molecule has 0 saturated heterocycles. The average Bonchev–Trinajstić information content (AvgIpc) is 3.17. The topological polar surface area (TPSA) is 99.6 Å². The number of para-hydroxylation sites is 1. The third kappa shape index (κ3) is 5.60. The number of amides is 4. The Morgan fingerprint density at radius 2 is 1.45 bits per heavy atom. The number of carbonyl (C=O) groups is 2. The molecule has 0 aliphatic carbocycles. The van der Waals surface area contributed by atoms with Crippen molar-refractivity contribution in [1.82, 2.24) is 14.7 Å². The zero-order valence-corrected chi connectivity index (χ0v) is 16.7. The number of hydrogen-bond acceptors (Lipinski definition) is 3. The molecule has 4 rings (SSSR count). The van der Waals surface area contributed by atoms with Gasteiger partial charge in [-0.1, -0.05) is 30.3 Å². The maximum Gasteiger partial charge on any atom is 0.323 e. The number of nitrogens with zero attached hydrogens (tertiary/aromatic N) is 2. The predicted octanol–water partition coefficient (Wildman–Crippen LogP) is 4.34. The predicted molar refractivity (Wildman–Crippen MR) is 121 cm³/mol. The molecule has 0 saturated carbocycles. The number of anilines is 3. The van der Waals surface area contributed by atoms with Gasteiger partial charge in [0.25, 0.3) is 0 Å². The first-order valence-corrected chi connectivity index (χ1v) is 9.86. The number of urea groups is 2. The van der Waals surface area contributed by atoms with Crippen LogP contribution >= 0.6 is 0 Å². The van der Waals surface area contributed by atoms with Crippen molar-refractivity contribution in [2.75, 3.05) is 22.5 Å². The van der Waals surface area contributed by atoms with E-state index in [-0.39, 0.29) is 12.1 Å². The molecule has 156 valence electrons. The van der Waals surface area contributed by atoms with Gasteiger partial charge in [0, 0.05) is 42.4 Å². The number of aromatic nitrogens is 2. The van der Waals surface area contributed by atoms with Crippen LogP contribution in [0, 0.1) is 0 Å². The van der Waals surface area contributed by atoms with E-state index in [1.165, 1.54) is 0 Å². The number of pyridine rings is 1. The van der Waals surface area contributed by atoms with Gasteiger partial charge in [-0.2, -0.15) is 0 Å². The zero-order valence-electron chi connectivity index (χ0n) is 16.7. The largest absolute Gasteiger partial charge is 0.337 e. The lowest BCUT2D eigenvalue weighted by atomic mass is 10.2. The van der Waals surface area contributed by atoms with Crippen LogP contribution in [0.2, 0.25) is 0 Å². The number of fused-ring (bicyclic) bond motifs is 1. The molecule has 0 bridgehead atoms. The van der Waals surface area contributed by atoms with Crippen LogP contribution in [0.1, 0.15) is 5.69 Å². The lowest BCUT2D eigenvalue weighted by Crippen LogP contribution is -2.30. The summed E-state index contributed by atoms with van der Waals surface area (Å²) in [6.07, 6.45) is 4.51. The van der Waals surface area contributed by atoms with E-state index in [0.29, 0.717) is 30.0 Å². The number of carbonyl (C=O) groups excluding carboxylic acids is 2. The summed E-state index contributed by atoms with van der Waals surface area (Å²) in [6.45, 7) is 0.452. The molecule has 0 spiro atoms. The van der Waals surface area contributed by atoms with E-state index in [0.717, 1.165) is 11.3 Å². The van der Waals surface area contributed by atoms with Gasteiger partial charge in [0.1, 0.15) is 5.65 Å². The van der Waals surface area contributed by atoms with Crippen molar-refractivity contribution in [3.63, 3.8) is 0 Å². The van der Waals surface area contributed by atoms with E-state index in [2.05, 4.69) is 26.3 Å². The van der Waals surface area contributed by atoms with Crippen molar-refractivity contribution in [2.45, 2.75) is 6.42 Å². The highest BCUT2D eigenvalue weighted by Crippen LogP contribution is 2.16. The molecular weight excluding hydrogens is 392 g/mol. The van der Waals surface area contributed by atoms with Crippen LogP contribution in [0.4, 0.5) is 26.7 Å². The summed E-state index contributed by atoms with van der Waals surface area (Å²) in [5, 5.41) is 11.1. The summed E-state index contributed by atoms with van der Waals surface area (Å²) < 4.78 is 1.95. The highest BCUT2D eigenvalue weighted by Gasteiger charge is 2.06. The van der Waals surface area contributed by atoms with Crippen LogP contribution in [0.5, 0.6) is 0 Å². The molecule has 8 nitrogen and oxygen atoms in total. The fourth-order valence-electron chi connectivity index (χ4n) is 3.08. The van der Waals surface area contributed by atoms with Gasteiger partial charge in [-0.3, -0.25) is 0 Å². The van der Waals surface area contributed by atoms with Gasteiger partial charge in [0.2, 0.25) is 0 Å². The first-order valence-electron chi connectivity index (χ1n) is 9.86. The van der Waals surface area contributed by atoms with Crippen molar-refractivity contribution in [3.05, 3.63) is 90.9 Å². The zero-order chi connectivity index (χ0) is 21.5. The minimum absolute atomic E-state index is 0.324. The van der Waals surface area contributed by atoms with Crippen molar-refractivity contribution in [1.29, 1.82) is 0 Å². The molecule has 4 amide bonds. The standard InChI is InChI=1S/C23H22N6O2/c30-22(24-13-12-20-16-29-14-5-4-11-21(29)25-20)27-18-9-6-10-19(15-18)28-23(31)26-17-7-2-1-3-8-17/h1-11,14-16H,12-13H2,(H2,24,27,30)(H2,26,28,31). The quantitative estimate of drug-likeness (QED) is 0.378. The van der Waals surface area contributed by atoms with Crippen LogP contribution in [0.25, 0.3) is 5.65 Å². The molecule has 2 heterocycles. The molecule has 0 aliphatic rings. The fraction of sp³-hybridized carbons (Fsp3) is 0.0870. The summed E-state index contributed by atoms with van der Waals surface area (Å²) in [5.41, 5.74) is 3.61. The van der Waals surface area contributed by atoms with Crippen molar-refractivity contribution in [3.8, 4) is 0 Å². The number of rotatable bonds is 6. The Hall–Kier alpha value is -4.33. The van der Waals surface area contributed by atoms with Crippen molar-refractivity contribution >= 4 is 34.8 Å². The smallest absolute Gasteiger partial charge is 0.323 e. The maximum atomic E-state index is 12.2. The van der Waals surface area contributed by atoms with Gasteiger partial charge in [0.15, 0.2) is 0 Å². The number of imidazole rings is 1. The molecule has 2 aromatic heterocycles. The summed E-state index contributed by atoms with van der Waals surface area (Å²) >= 11 is 0. The molecule has 0 radical (unpaired) electrons. The van der Waals surface area contributed by atoms with Crippen molar-refractivity contribution < 1.29 is 9.59 Å². The van der Waals surface area contributed by atoms with Crippen LogP contribution in [0.15, 0.2) is 85.2 Å².